The van der Waals surface area contributed by atoms with Crippen LogP contribution in [0.3, 0.4) is 0 Å². The van der Waals surface area contributed by atoms with Gasteiger partial charge >= 0.3 is 11.9 Å². The number of nitrogens with one attached hydrogen (secondary N) is 1. The van der Waals surface area contributed by atoms with Crippen LogP contribution in [-0.2, 0) is 19.1 Å². The van der Waals surface area contributed by atoms with Crippen molar-refractivity contribution in [3.05, 3.63) is 63.0 Å². The van der Waals surface area contributed by atoms with Crippen molar-refractivity contribution >= 4 is 35.0 Å². The number of thiazole rings is 1. The monoisotopic (exact) mass is 619 g/mol. The Morgan fingerprint density at radius 2 is 2.07 bits per heavy atom. The van der Waals surface area contributed by atoms with Crippen molar-refractivity contribution in [2.24, 2.45) is 16.8 Å². The largest absolute Gasteiger partial charge is 0.481 e. The number of alkyl halides is 2. The molecule has 1 amide bonds. The number of halogens is 3. The number of likely N-dealkylation sites (tertiary alicyclic amines) is 2. The van der Waals surface area contributed by atoms with Gasteiger partial charge in [-0.2, -0.15) is 0 Å². The zero-order valence-corrected chi connectivity index (χ0v) is 24.7. The molecule has 2 fully saturated rings. The third kappa shape index (κ3) is 5.77. The van der Waals surface area contributed by atoms with Crippen LogP contribution in [0.15, 0.2) is 46.0 Å². The SMILES string of the molecule is CCOC(=O)C1=C(CN2CC(F)(F)[C@@H]3C(=O)N(CC(CC)C(=O)O)C[C@@H]32)NC(c2nccs2)=N[C@H]1c1cccc(F)c1C. The first-order valence-electron chi connectivity index (χ1n) is 14.0. The van der Waals surface area contributed by atoms with E-state index in [9.17, 15) is 23.9 Å². The maximum absolute atomic E-state index is 15.4. The predicted octanol–water partition coefficient (Wildman–Crippen LogP) is 3.39. The predicted molar refractivity (Wildman–Crippen MR) is 151 cm³/mol. The summed E-state index contributed by atoms with van der Waals surface area (Å²) in [7, 11) is 0. The van der Waals surface area contributed by atoms with Crippen molar-refractivity contribution in [3.8, 4) is 0 Å². The molecule has 10 nitrogen and oxygen atoms in total. The normalized spacial score (nSPS) is 24.0. The van der Waals surface area contributed by atoms with Gasteiger partial charge in [-0.25, -0.2) is 22.9 Å². The van der Waals surface area contributed by atoms with Gasteiger partial charge in [0.05, 0.1) is 24.6 Å². The molecular formula is C29H32F3N5O5S. The highest BCUT2D eigenvalue weighted by molar-refractivity contribution is 7.11. The van der Waals surface area contributed by atoms with Gasteiger partial charge in [0, 0.05) is 43.0 Å². The number of aliphatic carboxylic acids is 1. The molecule has 1 aromatic heterocycles. The molecule has 1 unspecified atom stereocenters. The zero-order valence-electron chi connectivity index (χ0n) is 23.8. The number of benzene rings is 1. The molecule has 3 aliphatic heterocycles. The number of hydrogen-bond acceptors (Lipinski definition) is 9. The molecule has 0 radical (unpaired) electrons. The zero-order chi connectivity index (χ0) is 31.1. The highest BCUT2D eigenvalue weighted by atomic mass is 32.1. The molecule has 2 N–H and O–H groups in total. The van der Waals surface area contributed by atoms with Gasteiger partial charge in [0.15, 0.2) is 10.8 Å². The number of amides is 1. The van der Waals surface area contributed by atoms with E-state index in [2.05, 4.69) is 10.3 Å². The summed E-state index contributed by atoms with van der Waals surface area (Å²) in [5.74, 6) is -8.75. The van der Waals surface area contributed by atoms with E-state index in [1.807, 2.05) is 0 Å². The fourth-order valence-corrected chi connectivity index (χ4v) is 6.60. The number of hydrogen-bond donors (Lipinski definition) is 2. The Hall–Kier alpha value is -3.78. The molecular weight excluding hydrogens is 587 g/mol. The topological polar surface area (TPSA) is 124 Å². The number of amidine groups is 1. The standard InChI is InChI=1S/C29H32F3N5O5S/c1-4-16(27(39)40)11-36-13-20-22(26(36)38)29(31,32)14-37(20)12-19-21(28(41)42-5-2)23(17-7-6-8-18(30)15(17)3)35-24(34-19)25-33-9-10-43-25/h6-10,16,20,22-23H,4-5,11-14H2,1-3H3,(H,34,35)(H,39,40)/t16?,20-,22-,23-/m0/s1. The van der Waals surface area contributed by atoms with E-state index in [0.29, 0.717) is 10.6 Å². The number of aromatic nitrogens is 1. The van der Waals surface area contributed by atoms with Gasteiger partial charge in [-0.05, 0) is 37.5 Å². The summed E-state index contributed by atoms with van der Waals surface area (Å²) >= 11 is 1.27. The molecule has 4 atom stereocenters. The second kappa shape index (κ2) is 12.1. The van der Waals surface area contributed by atoms with Crippen LogP contribution >= 0.6 is 11.3 Å². The molecule has 5 rings (SSSR count). The molecule has 0 spiro atoms. The second-order valence-corrected chi connectivity index (χ2v) is 11.7. The van der Waals surface area contributed by atoms with Crippen LogP contribution in [0.4, 0.5) is 13.2 Å². The first-order chi connectivity index (χ1) is 20.5. The van der Waals surface area contributed by atoms with E-state index in [4.69, 9.17) is 9.73 Å². The Balaban J connectivity index is 1.55. The van der Waals surface area contributed by atoms with E-state index in [1.54, 1.807) is 38.4 Å². The van der Waals surface area contributed by atoms with Crippen molar-refractivity contribution in [1.82, 2.24) is 20.1 Å². The van der Waals surface area contributed by atoms with Gasteiger partial charge in [-0.15, -0.1) is 11.3 Å². The van der Waals surface area contributed by atoms with Gasteiger partial charge in [-0.3, -0.25) is 19.5 Å². The second-order valence-electron chi connectivity index (χ2n) is 10.8. The molecule has 0 bridgehead atoms. The van der Waals surface area contributed by atoms with Crippen molar-refractivity contribution in [2.45, 2.75) is 45.2 Å². The lowest BCUT2D eigenvalue weighted by Gasteiger charge is -2.31. The van der Waals surface area contributed by atoms with E-state index in [1.165, 1.54) is 33.3 Å². The molecule has 2 aromatic rings. The summed E-state index contributed by atoms with van der Waals surface area (Å²) in [6.45, 7) is 3.71. The van der Waals surface area contributed by atoms with E-state index in [-0.39, 0.29) is 55.3 Å². The molecule has 4 heterocycles. The Morgan fingerprint density at radius 3 is 2.72 bits per heavy atom. The van der Waals surface area contributed by atoms with Crippen molar-refractivity contribution in [2.75, 3.05) is 32.8 Å². The molecule has 43 heavy (non-hydrogen) atoms. The fraction of sp³-hybridized carbons (Fsp3) is 0.483. The third-order valence-corrected chi connectivity index (χ3v) is 8.99. The van der Waals surface area contributed by atoms with Crippen LogP contribution in [0.1, 0.15) is 42.4 Å². The number of carbonyl (C=O) groups is 3. The van der Waals surface area contributed by atoms with Crippen molar-refractivity contribution < 1.29 is 37.4 Å². The summed E-state index contributed by atoms with van der Waals surface area (Å²) in [6.07, 6.45) is 1.82. The molecule has 14 heteroatoms. The van der Waals surface area contributed by atoms with Crippen LogP contribution in [0.2, 0.25) is 0 Å². The van der Waals surface area contributed by atoms with Crippen LogP contribution in [0.25, 0.3) is 0 Å². The first-order valence-corrected chi connectivity index (χ1v) is 14.9. The third-order valence-electron chi connectivity index (χ3n) is 8.21. The Bertz CT molecular complexity index is 1480. The van der Waals surface area contributed by atoms with Gasteiger partial charge < -0.3 is 20.1 Å². The Labute approximate surface area is 250 Å². The summed E-state index contributed by atoms with van der Waals surface area (Å²) in [5.41, 5.74) is 0.945. The summed E-state index contributed by atoms with van der Waals surface area (Å²) in [6, 6.07) is 2.50. The summed E-state index contributed by atoms with van der Waals surface area (Å²) in [4.78, 5) is 49.9. The van der Waals surface area contributed by atoms with Gasteiger partial charge in [-0.1, -0.05) is 19.1 Å². The van der Waals surface area contributed by atoms with E-state index < -0.39 is 60.0 Å². The quantitative estimate of drug-likeness (QED) is 0.388. The average molecular weight is 620 g/mol. The lowest BCUT2D eigenvalue weighted by Crippen LogP contribution is -2.44. The number of esters is 1. The molecule has 3 aliphatic rings. The molecule has 2 saturated heterocycles. The van der Waals surface area contributed by atoms with Crippen molar-refractivity contribution in [1.29, 1.82) is 0 Å². The molecule has 0 aliphatic carbocycles. The summed E-state index contributed by atoms with van der Waals surface area (Å²) < 4.78 is 50.9. The fourth-order valence-electron chi connectivity index (χ4n) is 6.01. The van der Waals surface area contributed by atoms with Crippen molar-refractivity contribution in [3.63, 3.8) is 0 Å². The van der Waals surface area contributed by atoms with E-state index in [0.717, 1.165) is 0 Å². The van der Waals surface area contributed by atoms with Crippen LogP contribution in [0.5, 0.6) is 0 Å². The number of aliphatic imine (C=N–C) groups is 1. The lowest BCUT2D eigenvalue weighted by molar-refractivity contribution is -0.145. The van der Waals surface area contributed by atoms with E-state index >= 15 is 8.78 Å². The van der Waals surface area contributed by atoms with Crippen LogP contribution in [-0.4, -0.2) is 88.3 Å². The first kappa shape index (κ1) is 30.7. The van der Waals surface area contributed by atoms with Gasteiger partial charge in [0.25, 0.3) is 5.92 Å². The smallest absolute Gasteiger partial charge is 0.338 e. The number of carboxylic acid groups (broad SMARTS) is 1. The molecule has 230 valence electrons. The molecule has 0 saturated carbocycles. The Kier molecular flexibility index (Phi) is 8.61. The maximum Gasteiger partial charge on any atom is 0.338 e. The Morgan fingerprint density at radius 1 is 1.30 bits per heavy atom. The van der Waals surface area contributed by atoms with Gasteiger partial charge in [0.2, 0.25) is 5.91 Å². The average Bonchev–Trinajstić information content (AvgIpc) is 3.66. The number of rotatable bonds is 10. The summed E-state index contributed by atoms with van der Waals surface area (Å²) in [5, 5.41) is 14.8. The van der Waals surface area contributed by atoms with Gasteiger partial charge in [0.1, 0.15) is 17.8 Å². The number of carbonyl (C=O) groups excluding carboxylic acids is 2. The number of carboxylic acids is 1. The minimum Gasteiger partial charge on any atom is -0.481 e. The highest BCUT2D eigenvalue weighted by Crippen LogP contribution is 2.44. The minimum absolute atomic E-state index is 0.0334. The number of fused-ring (bicyclic) bond motifs is 1. The lowest BCUT2D eigenvalue weighted by atomic mass is 9.92. The molecule has 1 aromatic carbocycles. The maximum atomic E-state index is 15.4. The minimum atomic E-state index is -3.38. The number of nitrogens with zero attached hydrogens (tertiary/aromatic N) is 4. The van der Waals surface area contributed by atoms with Crippen LogP contribution < -0.4 is 5.32 Å². The highest BCUT2D eigenvalue weighted by Gasteiger charge is 2.63. The number of ether oxygens (including phenoxy) is 1. The van der Waals surface area contributed by atoms with Crippen LogP contribution in [0, 0.1) is 24.6 Å².